The van der Waals surface area contributed by atoms with Crippen molar-refractivity contribution in [3.05, 3.63) is 30.5 Å². The van der Waals surface area contributed by atoms with E-state index in [0.29, 0.717) is 29.3 Å². The lowest BCUT2D eigenvalue weighted by atomic mass is 10.1. The van der Waals surface area contributed by atoms with Crippen molar-refractivity contribution in [2.75, 3.05) is 17.7 Å². The van der Waals surface area contributed by atoms with Crippen LogP contribution in [0.15, 0.2) is 29.1 Å². The van der Waals surface area contributed by atoms with Crippen LogP contribution >= 0.6 is 0 Å². The maximum Gasteiger partial charge on any atom is 0.224 e. The smallest absolute Gasteiger partial charge is 0.224 e. The monoisotopic (exact) mass is 362 g/mol. The average Bonchev–Trinajstić information content (AvgIpc) is 3.34. The first kappa shape index (κ1) is 16.7. The fraction of sp³-hybridized carbons (Fsp3) is 0.400. The minimum atomic E-state index is -1.25. The van der Waals surface area contributed by atoms with Crippen LogP contribution in [0.2, 0.25) is 0 Å². The Labute approximate surface area is 147 Å². The van der Waals surface area contributed by atoms with Gasteiger partial charge in [0.1, 0.15) is 24.1 Å². The molecular formula is C15H18N6O5. The van der Waals surface area contributed by atoms with Crippen molar-refractivity contribution in [2.45, 2.75) is 31.1 Å². The molecule has 1 fully saturated rings. The number of rotatable bonds is 5. The van der Waals surface area contributed by atoms with Crippen LogP contribution in [0.25, 0.3) is 11.2 Å². The Morgan fingerprint density at radius 1 is 1.27 bits per heavy atom. The number of nitrogens with one attached hydrogen (secondary N) is 1. The molecule has 11 nitrogen and oxygen atoms in total. The van der Waals surface area contributed by atoms with Crippen LogP contribution in [0, 0.1) is 0 Å². The van der Waals surface area contributed by atoms with Gasteiger partial charge in [0.25, 0.3) is 0 Å². The zero-order valence-corrected chi connectivity index (χ0v) is 13.6. The fourth-order valence-corrected chi connectivity index (χ4v) is 2.94. The van der Waals surface area contributed by atoms with Crippen molar-refractivity contribution in [1.29, 1.82) is 0 Å². The molecule has 4 rings (SSSR count). The van der Waals surface area contributed by atoms with Gasteiger partial charge in [0.15, 0.2) is 23.2 Å². The SMILES string of the molecule is Nc1nc(NCc2ccco2)c2ncn([C@@H]3O[C@H](CO)[C@@H](O)[C@H]3O)c2n1. The maximum atomic E-state index is 10.2. The number of furan rings is 1. The molecule has 1 saturated heterocycles. The zero-order chi connectivity index (χ0) is 18.3. The Morgan fingerprint density at radius 3 is 2.81 bits per heavy atom. The highest BCUT2D eigenvalue weighted by Gasteiger charge is 2.44. The quantitative estimate of drug-likeness (QED) is 0.389. The Bertz CT molecular complexity index is 897. The highest BCUT2D eigenvalue weighted by molar-refractivity contribution is 5.84. The van der Waals surface area contributed by atoms with Crippen molar-refractivity contribution in [3.63, 3.8) is 0 Å². The molecule has 0 radical (unpaired) electrons. The number of aliphatic hydroxyl groups excluding tert-OH is 3. The molecule has 0 unspecified atom stereocenters. The van der Waals surface area contributed by atoms with Crippen molar-refractivity contribution in [3.8, 4) is 0 Å². The number of anilines is 2. The van der Waals surface area contributed by atoms with Gasteiger partial charge in [0.2, 0.25) is 5.95 Å². The van der Waals surface area contributed by atoms with Gasteiger partial charge in [-0.1, -0.05) is 0 Å². The van der Waals surface area contributed by atoms with E-state index in [0.717, 1.165) is 0 Å². The first-order valence-corrected chi connectivity index (χ1v) is 7.97. The number of ether oxygens (including phenoxy) is 1. The highest BCUT2D eigenvalue weighted by atomic mass is 16.6. The first-order valence-electron chi connectivity index (χ1n) is 7.97. The molecule has 1 aliphatic rings. The van der Waals surface area contributed by atoms with Crippen LogP contribution in [0.5, 0.6) is 0 Å². The van der Waals surface area contributed by atoms with E-state index in [1.165, 1.54) is 10.9 Å². The molecule has 6 N–H and O–H groups in total. The maximum absolute atomic E-state index is 10.2. The fourth-order valence-electron chi connectivity index (χ4n) is 2.94. The normalized spacial score (nSPS) is 25.8. The number of nitrogens with zero attached hydrogens (tertiary/aromatic N) is 4. The number of aromatic nitrogens is 4. The summed E-state index contributed by atoms with van der Waals surface area (Å²) in [7, 11) is 0. The van der Waals surface area contributed by atoms with Crippen molar-refractivity contribution in [1.82, 2.24) is 19.5 Å². The van der Waals surface area contributed by atoms with Gasteiger partial charge in [-0.2, -0.15) is 9.97 Å². The Kier molecular flexibility index (Phi) is 4.20. The van der Waals surface area contributed by atoms with Crippen LogP contribution in [0.3, 0.4) is 0 Å². The van der Waals surface area contributed by atoms with E-state index in [4.69, 9.17) is 14.9 Å². The minimum absolute atomic E-state index is 0.00735. The summed E-state index contributed by atoms with van der Waals surface area (Å²) >= 11 is 0. The largest absolute Gasteiger partial charge is 0.467 e. The first-order chi connectivity index (χ1) is 12.6. The van der Waals surface area contributed by atoms with E-state index in [2.05, 4.69) is 20.3 Å². The third-order valence-electron chi connectivity index (χ3n) is 4.24. The molecular weight excluding hydrogens is 344 g/mol. The Balaban J connectivity index is 1.67. The summed E-state index contributed by atoms with van der Waals surface area (Å²) in [5, 5.41) is 32.5. The summed E-state index contributed by atoms with van der Waals surface area (Å²) in [5.74, 6) is 1.11. The van der Waals surface area contributed by atoms with Crippen molar-refractivity contribution >= 4 is 22.9 Å². The number of aliphatic hydroxyl groups is 3. The molecule has 4 atom stereocenters. The molecule has 0 spiro atoms. The van der Waals surface area contributed by atoms with Gasteiger partial charge in [0.05, 0.1) is 25.7 Å². The minimum Gasteiger partial charge on any atom is -0.467 e. The second-order valence-electron chi connectivity index (χ2n) is 5.92. The number of nitrogens with two attached hydrogens (primary N) is 1. The van der Waals surface area contributed by atoms with E-state index in [1.54, 1.807) is 12.3 Å². The van der Waals surface area contributed by atoms with Gasteiger partial charge in [-0.25, -0.2) is 4.98 Å². The number of imidazole rings is 1. The molecule has 0 saturated carbocycles. The van der Waals surface area contributed by atoms with Crippen LogP contribution in [0.1, 0.15) is 12.0 Å². The van der Waals surface area contributed by atoms with E-state index in [1.807, 2.05) is 6.07 Å². The lowest BCUT2D eigenvalue weighted by Crippen LogP contribution is -2.33. The molecule has 3 aromatic rings. The van der Waals surface area contributed by atoms with Crippen LogP contribution in [0.4, 0.5) is 11.8 Å². The number of hydrogen-bond acceptors (Lipinski definition) is 10. The molecule has 4 heterocycles. The summed E-state index contributed by atoms with van der Waals surface area (Å²) in [6.07, 6.45) is -1.35. The van der Waals surface area contributed by atoms with E-state index < -0.39 is 31.1 Å². The molecule has 0 aromatic carbocycles. The topological polar surface area (TPSA) is 165 Å². The van der Waals surface area contributed by atoms with E-state index in [-0.39, 0.29) is 5.95 Å². The summed E-state index contributed by atoms with van der Waals surface area (Å²) in [6.45, 7) is -0.0479. The standard InChI is InChI=1S/C15H18N6O5/c16-15-19-12(17-4-7-2-1-3-25-7)9-13(20-15)21(6-18-9)14-11(24)10(23)8(5-22)26-14/h1-3,6,8,10-11,14,22-24H,4-5H2,(H3,16,17,19,20)/t8-,10-,11-,14-/m1/s1. The highest BCUT2D eigenvalue weighted by Crippen LogP contribution is 2.32. The zero-order valence-electron chi connectivity index (χ0n) is 13.6. The molecule has 3 aromatic heterocycles. The molecule has 0 aliphatic carbocycles. The van der Waals surface area contributed by atoms with Gasteiger partial charge in [-0.15, -0.1) is 0 Å². The third-order valence-corrected chi connectivity index (χ3v) is 4.24. The van der Waals surface area contributed by atoms with E-state index >= 15 is 0 Å². The summed E-state index contributed by atoms with van der Waals surface area (Å²) in [6, 6.07) is 3.59. The lowest BCUT2D eigenvalue weighted by molar-refractivity contribution is -0.0511. The molecule has 1 aliphatic heterocycles. The lowest BCUT2D eigenvalue weighted by Gasteiger charge is -2.16. The molecule has 11 heteroatoms. The second kappa shape index (κ2) is 6.53. The van der Waals surface area contributed by atoms with Gasteiger partial charge < -0.3 is 35.5 Å². The number of nitrogen functional groups attached to an aromatic ring is 1. The molecule has 138 valence electrons. The summed E-state index contributed by atoms with van der Waals surface area (Å²) in [4.78, 5) is 12.6. The molecule has 0 amide bonds. The number of hydrogen-bond donors (Lipinski definition) is 5. The van der Waals surface area contributed by atoms with Crippen LogP contribution < -0.4 is 11.1 Å². The summed E-state index contributed by atoms with van der Waals surface area (Å²) < 4.78 is 12.2. The molecule has 0 bridgehead atoms. The van der Waals surface area contributed by atoms with E-state index in [9.17, 15) is 15.3 Å². The molecule has 26 heavy (non-hydrogen) atoms. The predicted molar refractivity (Wildman–Crippen MR) is 88.8 cm³/mol. The Hall–Kier alpha value is -2.73. The van der Waals surface area contributed by atoms with Gasteiger partial charge in [-0.05, 0) is 12.1 Å². The van der Waals surface area contributed by atoms with Crippen molar-refractivity contribution in [2.24, 2.45) is 0 Å². The third kappa shape index (κ3) is 2.76. The van der Waals surface area contributed by atoms with Gasteiger partial charge in [-0.3, -0.25) is 4.57 Å². The van der Waals surface area contributed by atoms with Crippen LogP contribution in [-0.2, 0) is 11.3 Å². The second-order valence-corrected chi connectivity index (χ2v) is 5.92. The van der Waals surface area contributed by atoms with Gasteiger partial charge >= 0.3 is 0 Å². The van der Waals surface area contributed by atoms with Gasteiger partial charge in [0, 0.05) is 0 Å². The van der Waals surface area contributed by atoms with Crippen molar-refractivity contribution < 1.29 is 24.5 Å². The predicted octanol–water partition coefficient (Wildman–Crippen LogP) is -0.775. The Morgan fingerprint density at radius 2 is 2.12 bits per heavy atom. The summed E-state index contributed by atoms with van der Waals surface area (Å²) in [5.41, 5.74) is 6.54. The number of fused-ring (bicyclic) bond motifs is 1. The average molecular weight is 362 g/mol. The van der Waals surface area contributed by atoms with Crippen LogP contribution in [-0.4, -0.2) is 59.8 Å².